The van der Waals surface area contributed by atoms with Crippen LogP contribution in [0.15, 0.2) is 53.6 Å². The van der Waals surface area contributed by atoms with Gasteiger partial charge in [-0.05, 0) is 42.0 Å². The molecule has 0 atom stereocenters. The van der Waals surface area contributed by atoms with E-state index in [-0.39, 0.29) is 11.4 Å². The Morgan fingerprint density at radius 2 is 1.81 bits per heavy atom. The molecule has 2 aromatic rings. The summed E-state index contributed by atoms with van der Waals surface area (Å²) in [7, 11) is -3.78. The zero-order valence-electron chi connectivity index (χ0n) is 14.1. The number of nitro benzene ring substituents is 1. The summed E-state index contributed by atoms with van der Waals surface area (Å²) in [5, 5.41) is 14.3. The molecule has 0 aliphatic heterocycles. The minimum absolute atomic E-state index is 0.0840. The highest BCUT2D eigenvalue weighted by molar-refractivity contribution is 7.92. The van der Waals surface area contributed by atoms with Crippen LogP contribution in [0.25, 0.3) is 0 Å². The number of carbonyl (C=O) groups is 1. The molecule has 27 heavy (non-hydrogen) atoms. The number of hydrogen-bond donors (Lipinski definition) is 1. The molecule has 142 valence electrons. The molecule has 0 spiro atoms. The van der Waals surface area contributed by atoms with Crippen molar-refractivity contribution in [2.24, 2.45) is 5.10 Å². The fraction of sp³-hybridized carbons (Fsp3) is 0.125. The van der Waals surface area contributed by atoms with Crippen molar-refractivity contribution in [1.29, 1.82) is 0 Å². The van der Waals surface area contributed by atoms with Crippen LogP contribution >= 0.6 is 0 Å². The summed E-state index contributed by atoms with van der Waals surface area (Å²) in [4.78, 5) is 22.0. The zero-order valence-corrected chi connectivity index (χ0v) is 14.9. The van der Waals surface area contributed by atoms with Crippen molar-refractivity contribution in [1.82, 2.24) is 5.43 Å². The minimum atomic E-state index is -3.78. The third-order valence-corrected chi connectivity index (χ3v) is 4.45. The van der Waals surface area contributed by atoms with E-state index >= 15 is 0 Å². The van der Waals surface area contributed by atoms with Gasteiger partial charge in [0.1, 0.15) is 12.4 Å². The summed E-state index contributed by atoms with van der Waals surface area (Å²) < 4.78 is 37.6. The molecule has 1 amide bonds. The Bertz CT molecular complexity index is 959. The second kappa shape index (κ2) is 8.36. The molecule has 0 unspecified atom stereocenters. The van der Waals surface area contributed by atoms with E-state index in [2.05, 4.69) is 10.5 Å². The van der Waals surface area contributed by atoms with Crippen molar-refractivity contribution in [2.75, 3.05) is 17.1 Å². The van der Waals surface area contributed by atoms with Gasteiger partial charge in [-0.15, -0.1) is 0 Å². The van der Waals surface area contributed by atoms with Gasteiger partial charge < -0.3 is 0 Å². The Hall–Kier alpha value is -3.34. The van der Waals surface area contributed by atoms with Crippen LogP contribution < -0.4 is 9.73 Å². The lowest BCUT2D eigenvalue weighted by Gasteiger charge is -2.21. The molecular formula is C16H15FN4O5S. The molecule has 11 heteroatoms. The number of benzene rings is 2. The molecule has 0 saturated heterocycles. The molecule has 0 aromatic heterocycles. The number of hydrazone groups is 1. The predicted molar refractivity (Wildman–Crippen MR) is 97.4 cm³/mol. The molecule has 2 rings (SSSR count). The summed E-state index contributed by atoms with van der Waals surface area (Å²) in [5.74, 6) is -1.26. The van der Waals surface area contributed by atoms with Gasteiger partial charge in [0.25, 0.3) is 11.6 Å². The third-order valence-electron chi connectivity index (χ3n) is 3.31. The maximum absolute atomic E-state index is 13.0. The quantitative estimate of drug-likeness (QED) is 0.435. The van der Waals surface area contributed by atoms with Gasteiger partial charge >= 0.3 is 0 Å². The zero-order chi connectivity index (χ0) is 20.0. The van der Waals surface area contributed by atoms with Gasteiger partial charge in [0.05, 0.1) is 23.1 Å². The van der Waals surface area contributed by atoms with E-state index in [1.165, 1.54) is 42.6 Å². The monoisotopic (exact) mass is 394 g/mol. The van der Waals surface area contributed by atoms with Crippen molar-refractivity contribution in [3.8, 4) is 0 Å². The molecule has 0 bridgehead atoms. The number of nitrogens with one attached hydrogen (secondary N) is 1. The molecular weight excluding hydrogens is 379 g/mol. The summed E-state index contributed by atoms with van der Waals surface area (Å²) in [6.45, 7) is -0.554. The lowest BCUT2D eigenvalue weighted by atomic mass is 10.2. The molecule has 0 saturated carbocycles. The Morgan fingerprint density at radius 3 is 2.33 bits per heavy atom. The predicted octanol–water partition coefficient (Wildman–Crippen LogP) is 1.65. The fourth-order valence-electron chi connectivity index (χ4n) is 2.03. The molecule has 2 aromatic carbocycles. The summed E-state index contributed by atoms with van der Waals surface area (Å²) in [6, 6.07) is 10.1. The first-order valence-corrected chi connectivity index (χ1v) is 9.31. The Kier molecular flexibility index (Phi) is 6.19. The van der Waals surface area contributed by atoms with Gasteiger partial charge in [-0.25, -0.2) is 18.2 Å². The third kappa shape index (κ3) is 5.85. The van der Waals surface area contributed by atoms with Gasteiger partial charge in [-0.3, -0.25) is 19.2 Å². The number of carbonyl (C=O) groups excluding carboxylic acids is 1. The van der Waals surface area contributed by atoms with E-state index in [9.17, 15) is 27.7 Å². The molecule has 0 aliphatic rings. The second-order valence-electron chi connectivity index (χ2n) is 5.39. The number of amides is 1. The number of rotatable bonds is 7. The number of non-ortho nitro benzene ring substituents is 1. The molecule has 1 N–H and O–H groups in total. The van der Waals surface area contributed by atoms with Crippen molar-refractivity contribution in [3.63, 3.8) is 0 Å². The Labute approximate surface area is 154 Å². The van der Waals surface area contributed by atoms with E-state index in [1.807, 2.05) is 0 Å². The van der Waals surface area contributed by atoms with Gasteiger partial charge in [0.15, 0.2) is 0 Å². The Morgan fingerprint density at radius 1 is 1.22 bits per heavy atom. The lowest BCUT2D eigenvalue weighted by molar-refractivity contribution is -0.384. The largest absolute Gasteiger partial charge is 0.271 e. The first kappa shape index (κ1) is 20.0. The van der Waals surface area contributed by atoms with Crippen LogP contribution in [0.5, 0.6) is 0 Å². The summed E-state index contributed by atoms with van der Waals surface area (Å²) in [6.07, 6.45) is 2.17. The van der Waals surface area contributed by atoms with Crippen LogP contribution in [-0.4, -0.2) is 38.3 Å². The van der Waals surface area contributed by atoms with Gasteiger partial charge in [-0.2, -0.15) is 5.10 Å². The van der Waals surface area contributed by atoms with Crippen LogP contribution in [0.4, 0.5) is 15.8 Å². The van der Waals surface area contributed by atoms with E-state index in [0.717, 1.165) is 22.7 Å². The average molecular weight is 394 g/mol. The lowest BCUT2D eigenvalue weighted by Crippen LogP contribution is -2.39. The van der Waals surface area contributed by atoms with Crippen LogP contribution in [0.3, 0.4) is 0 Å². The van der Waals surface area contributed by atoms with Crippen molar-refractivity contribution in [2.45, 2.75) is 0 Å². The van der Waals surface area contributed by atoms with Crippen molar-refractivity contribution < 1.29 is 22.5 Å². The maximum atomic E-state index is 13.0. The highest BCUT2D eigenvalue weighted by atomic mass is 32.2. The number of nitrogens with zero attached hydrogens (tertiary/aromatic N) is 3. The number of halogens is 1. The number of hydrogen-bond acceptors (Lipinski definition) is 6. The SMILES string of the molecule is CS(=O)(=O)N(CC(=O)N/N=C\c1ccc([N+](=O)[O-])cc1)c1ccc(F)cc1. The second-order valence-corrected chi connectivity index (χ2v) is 7.29. The van der Waals surface area contributed by atoms with Gasteiger partial charge in [0, 0.05) is 12.1 Å². The summed E-state index contributed by atoms with van der Waals surface area (Å²) >= 11 is 0. The average Bonchev–Trinajstić information content (AvgIpc) is 2.60. The Balaban J connectivity index is 2.03. The minimum Gasteiger partial charge on any atom is -0.271 e. The number of nitro groups is 1. The van der Waals surface area contributed by atoms with Crippen LogP contribution in [-0.2, 0) is 14.8 Å². The normalized spacial score (nSPS) is 11.3. The molecule has 0 radical (unpaired) electrons. The van der Waals surface area contributed by atoms with Gasteiger partial charge in [0.2, 0.25) is 10.0 Å². The van der Waals surface area contributed by atoms with Crippen LogP contribution in [0, 0.1) is 15.9 Å². The fourth-order valence-corrected chi connectivity index (χ4v) is 2.89. The van der Waals surface area contributed by atoms with Crippen molar-refractivity contribution in [3.05, 3.63) is 70.0 Å². The molecule has 0 heterocycles. The van der Waals surface area contributed by atoms with E-state index in [1.54, 1.807) is 0 Å². The highest BCUT2D eigenvalue weighted by Crippen LogP contribution is 2.17. The first-order chi connectivity index (χ1) is 12.7. The number of anilines is 1. The van der Waals surface area contributed by atoms with Crippen LogP contribution in [0.1, 0.15) is 5.56 Å². The number of sulfonamides is 1. The van der Waals surface area contributed by atoms with E-state index < -0.39 is 33.2 Å². The first-order valence-electron chi connectivity index (χ1n) is 7.46. The van der Waals surface area contributed by atoms with Crippen LogP contribution in [0.2, 0.25) is 0 Å². The van der Waals surface area contributed by atoms with Crippen molar-refractivity contribution >= 4 is 33.5 Å². The molecule has 0 fully saturated rings. The maximum Gasteiger partial charge on any atom is 0.269 e. The standard InChI is InChI=1S/C16H15FN4O5S/c1-27(25,26)20(14-8-4-13(17)5-9-14)11-16(22)19-18-10-12-2-6-15(7-3-12)21(23)24/h2-10H,11H2,1H3,(H,19,22)/b18-10-. The van der Waals surface area contributed by atoms with Gasteiger partial charge in [-0.1, -0.05) is 0 Å². The summed E-state index contributed by atoms with van der Waals surface area (Å²) in [5.41, 5.74) is 2.72. The topological polar surface area (TPSA) is 122 Å². The molecule has 9 nitrogen and oxygen atoms in total. The molecule has 0 aliphatic carbocycles. The highest BCUT2D eigenvalue weighted by Gasteiger charge is 2.20. The smallest absolute Gasteiger partial charge is 0.269 e. The van der Waals surface area contributed by atoms with E-state index in [0.29, 0.717) is 5.56 Å². The van der Waals surface area contributed by atoms with E-state index in [4.69, 9.17) is 0 Å².